The van der Waals surface area contributed by atoms with E-state index in [4.69, 9.17) is 15.2 Å². The van der Waals surface area contributed by atoms with Crippen LogP contribution in [0.15, 0.2) is 18.2 Å². The minimum absolute atomic E-state index is 0.242. The van der Waals surface area contributed by atoms with E-state index in [0.717, 1.165) is 30.5 Å². The fourth-order valence-electron chi connectivity index (χ4n) is 2.86. The van der Waals surface area contributed by atoms with Gasteiger partial charge in [-0.2, -0.15) is 0 Å². The van der Waals surface area contributed by atoms with Crippen molar-refractivity contribution in [1.82, 2.24) is 4.90 Å². The average molecular weight is 278 g/mol. The second kappa shape index (κ2) is 6.95. The van der Waals surface area contributed by atoms with Gasteiger partial charge in [-0.25, -0.2) is 0 Å². The van der Waals surface area contributed by atoms with Gasteiger partial charge in [0.25, 0.3) is 0 Å². The molecule has 0 saturated carbocycles. The Labute approximate surface area is 121 Å². The van der Waals surface area contributed by atoms with Gasteiger partial charge < -0.3 is 15.2 Å². The van der Waals surface area contributed by atoms with E-state index < -0.39 is 0 Å². The van der Waals surface area contributed by atoms with Crippen LogP contribution in [0.2, 0.25) is 0 Å². The molecular formula is C16H26N2O2. The highest BCUT2D eigenvalue weighted by molar-refractivity contribution is 5.40. The molecule has 1 aliphatic heterocycles. The minimum Gasteiger partial charge on any atom is -0.497 e. The summed E-state index contributed by atoms with van der Waals surface area (Å²) in [4.78, 5) is 2.48. The van der Waals surface area contributed by atoms with Crippen molar-refractivity contribution in [2.75, 3.05) is 33.9 Å². The lowest BCUT2D eigenvalue weighted by Gasteiger charge is -2.36. The molecule has 20 heavy (non-hydrogen) atoms. The van der Waals surface area contributed by atoms with Gasteiger partial charge in [-0.15, -0.1) is 0 Å². The van der Waals surface area contributed by atoms with Crippen molar-refractivity contribution in [2.45, 2.75) is 25.8 Å². The van der Waals surface area contributed by atoms with Gasteiger partial charge in [0.1, 0.15) is 11.5 Å². The lowest BCUT2D eigenvalue weighted by molar-refractivity contribution is 0.141. The summed E-state index contributed by atoms with van der Waals surface area (Å²) in [5.74, 6) is 2.47. The number of rotatable bonds is 5. The van der Waals surface area contributed by atoms with E-state index in [1.165, 1.54) is 18.4 Å². The van der Waals surface area contributed by atoms with Crippen LogP contribution in [0.5, 0.6) is 11.5 Å². The van der Waals surface area contributed by atoms with Gasteiger partial charge in [0.2, 0.25) is 0 Å². The SMILES string of the molecule is COc1cc(OC)cc([C@H](CN)N2CCC(C)CC2)c1. The average Bonchev–Trinajstić information content (AvgIpc) is 2.49. The van der Waals surface area contributed by atoms with Crippen LogP contribution < -0.4 is 15.2 Å². The maximum atomic E-state index is 6.03. The summed E-state index contributed by atoms with van der Waals surface area (Å²) < 4.78 is 10.7. The summed E-state index contributed by atoms with van der Waals surface area (Å²) >= 11 is 0. The van der Waals surface area contributed by atoms with Crippen molar-refractivity contribution in [2.24, 2.45) is 11.7 Å². The van der Waals surface area contributed by atoms with E-state index in [1.54, 1.807) is 14.2 Å². The maximum Gasteiger partial charge on any atom is 0.122 e. The smallest absolute Gasteiger partial charge is 0.122 e. The Morgan fingerprint density at radius 1 is 1.15 bits per heavy atom. The second-order valence-electron chi connectivity index (χ2n) is 5.62. The van der Waals surface area contributed by atoms with Gasteiger partial charge in [-0.3, -0.25) is 4.90 Å². The number of ether oxygens (including phenoxy) is 2. The molecule has 1 fully saturated rings. The van der Waals surface area contributed by atoms with Crippen molar-refractivity contribution in [1.29, 1.82) is 0 Å². The van der Waals surface area contributed by atoms with Crippen LogP contribution in [-0.2, 0) is 0 Å². The zero-order chi connectivity index (χ0) is 14.5. The molecule has 2 N–H and O–H groups in total. The van der Waals surface area contributed by atoms with Gasteiger partial charge in [-0.1, -0.05) is 6.92 Å². The highest BCUT2D eigenvalue weighted by Gasteiger charge is 2.24. The minimum atomic E-state index is 0.242. The number of likely N-dealkylation sites (tertiary alicyclic amines) is 1. The molecule has 1 saturated heterocycles. The fourth-order valence-corrected chi connectivity index (χ4v) is 2.86. The summed E-state index contributed by atoms with van der Waals surface area (Å²) in [5.41, 5.74) is 7.21. The van der Waals surface area contributed by atoms with Gasteiger partial charge in [0, 0.05) is 18.7 Å². The molecule has 0 radical (unpaired) electrons. The van der Waals surface area contributed by atoms with E-state index >= 15 is 0 Å². The van der Waals surface area contributed by atoms with E-state index in [1.807, 2.05) is 6.07 Å². The number of nitrogens with zero attached hydrogens (tertiary/aromatic N) is 1. The number of hydrogen-bond acceptors (Lipinski definition) is 4. The third-order valence-corrected chi connectivity index (χ3v) is 4.24. The molecule has 0 aromatic heterocycles. The monoisotopic (exact) mass is 278 g/mol. The Morgan fingerprint density at radius 2 is 1.70 bits per heavy atom. The first-order chi connectivity index (χ1) is 9.67. The Morgan fingerprint density at radius 3 is 2.15 bits per heavy atom. The Hall–Kier alpha value is -1.26. The van der Waals surface area contributed by atoms with Crippen molar-refractivity contribution in [3.63, 3.8) is 0 Å². The molecule has 2 rings (SSSR count). The Balaban J connectivity index is 2.22. The van der Waals surface area contributed by atoms with Crippen LogP contribution in [0.4, 0.5) is 0 Å². The highest BCUT2D eigenvalue weighted by atomic mass is 16.5. The molecule has 112 valence electrons. The number of hydrogen-bond donors (Lipinski definition) is 1. The molecule has 0 spiro atoms. The standard InChI is InChI=1S/C16H26N2O2/c1-12-4-6-18(7-5-12)16(11-17)13-8-14(19-2)10-15(9-13)20-3/h8-10,12,16H,4-7,11,17H2,1-3H3/t16-/m0/s1. The molecule has 1 heterocycles. The van der Waals surface area contributed by atoms with Crippen LogP contribution in [0.3, 0.4) is 0 Å². The van der Waals surface area contributed by atoms with Crippen LogP contribution in [-0.4, -0.2) is 38.8 Å². The molecular weight excluding hydrogens is 252 g/mol. The summed E-state index contributed by atoms with van der Waals surface area (Å²) in [6.45, 7) is 5.17. The summed E-state index contributed by atoms with van der Waals surface area (Å²) in [6, 6.07) is 6.28. The lowest BCUT2D eigenvalue weighted by Crippen LogP contribution is -2.39. The first kappa shape index (κ1) is 15.1. The summed E-state index contributed by atoms with van der Waals surface area (Å²) in [5, 5.41) is 0. The number of methoxy groups -OCH3 is 2. The molecule has 0 amide bonds. The van der Waals surface area contributed by atoms with E-state index in [2.05, 4.69) is 24.0 Å². The van der Waals surface area contributed by atoms with E-state index in [0.29, 0.717) is 6.54 Å². The van der Waals surface area contributed by atoms with Gasteiger partial charge in [-0.05, 0) is 49.5 Å². The van der Waals surface area contributed by atoms with Gasteiger partial charge in [0.05, 0.1) is 14.2 Å². The first-order valence-corrected chi connectivity index (χ1v) is 7.35. The van der Waals surface area contributed by atoms with Crippen LogP contribution in [0.25, 0.3) is 0 Å². The quantitative estimate of drug-likeness (QED) is 0.898. The number of nitrogens with two attached hydrogens (primary N) is 1. The summed E-state index contributed by atoms with van der Waals surface area (Å²) in [7, 11) is 3.36. The zero-order valence-electron chi connectivity index (χ0n) is 12.8. The van der Waals surface area contributed by atoms with Crippen molar-refractivity contribution in [3.8, 4) is 11.5 Å². The predicted molar refractivity (Wildman–Crippen MR) is 81.3 cm³/mol. The van der Waals surface area contributed by atoms with Crippen molar-refractivity contribution in [3.05, 3.63) is 23.8 Å². The number of piperidine rings is 1. The van der Waals surface area contributed by atoms with Crippen molar-refractivity contribution < 1.29 is 9.47 Å². The maximum absolute atomic E-state index is 6.03. The van der Waals surface area contributed by atoms with Gasteiger partial charge >= 0.3 is 0 Å². The molecule has 1 aromatic carbocycles. The first-order valence-electron chi connectivity index (χ1n) is 7.35. The van der Waals surface area contributed by atoms with Gasteiger partial charge in [0.15, 0.2) is 0 Å². The normalized spacial score (nSPS) is 18.8. The third-order valence-electron chi connectivity index (χ3n) is 4.24. The molecule has 0 unspecified atom stereocenters. The second-order valence-corrected chi connectivity index (χ2v) is 5.62. The third kappa shape index (κ3) is 3.44. The Kier molecular flexibility index (Phi) is 5.26. The molecule has 0 aliphatic carbocycles. The van der Waals surface area contributed by atoms with Crippen molar-refractivity contribution >= 4 is 0 Å². The lowest BCUT2D eigenvalue weighted by atomic mass is 9.95. The van der Waals surface area contributed by atoms with E-state index in [9.17, 15) is 0 Å². The molecule has 0 bridgehead atoms. The summed E-state index contributed by atoms with van der Waals surface area (Å²) in [6.07, 6.45) is 2.50. The molecule has 4 heteroatoms. The fraction of sp³-hybridized carbons (Fsp3) is 0.625. The molecule has 1 aliphatic rings. The predicted octanol–water partition coefficient (Wildman–Crippen LogP) is 2.44. The zero-order valence-corrected chi connectivity index (χ0v) is 12.8. The highest BCUT2D eigenvalue weighted by Crippen LogP contribution is 2.31. The largest absolute Gasteiger partial charge is 0.497 e. The molecule has 1 atom stereocenters. The topological polar surface area (TPSA) is 47.7 Å². The van der Waals surface area contributed by atoms with Crippen LogP contribution in [0, 0.1) is 5.92 Å². The van der Waals surface area contributed by atoms with E-state index in [-0.39, 0.29) is 6.04 Å². The molecule has 4 nitrogen and oxygen atoms in total. The molecule has 1 aromatic rings. The van der Waals surface area contributed by atoms with Crippen LogP contribution in [0.1, 0.15) is 31.4 Å². The number of benzene rings is 1. The Bertz CT molecular complexity index is 406. The van der Waals surface area contributed by atoms with Crippen LogP contribution >= 0.6 is 0 Å².